The first-order valence-corrected chi connectivity index (χ1v) is 2.80. The summed E-state index contributed by atoms with van der Waals surface area (Å²) in [4.78, 5) is 0. The molecule has 0 aliphatic carbocycles. The van der Waals surface area contributed by atoms with Crippen LogP contribution in [-0.4, -0.2) is 7.11 Å². The predicted octanol–water partition coefficient (Wildman–Crippen LogP) is 2.28. The SMILES string of the molecule is C=C/C(C)=C\C=C\OC. The zero-order valence-corrected chi connectivity index (χ0v) is 5.92. The van der Waals surface area contributed by atoms with Gasteiger partial charge in [-0.2, -0.15) is 0 Å². The van der Waals surface area contributed by atoms with E-state index < -0.39 is 0 Å². The molecule has 0 bridgehead atoms. The molecule has 0 unspecified atom stereocenters. The lowest BCUT2D eigenvalue weighted by Crippen LogP contribution is -1.64. The molecule has 9 heavy (non-hydrogen) atoms. The third-order valence-corrected chi connectivity index (χ3v) is 0.896. The number of ether oxygens (including phenoxy) is 1. The lowest BCUT2D eigenvalue weighted by Gasteiger charge is -1.84. The van der Waals surface area contributed by atoms with Crippen LogP contribution < -0.4 is 0 Å². The summed E-state index contributed by atoms with van der Waals surface area (Å²) in [6.45, 7) is 5.58. The van der Waals surface area contributed by atoms with Gasteiger partial charge in [0.1, 0.15) is 0 Å². The van der Waals surface area contributed by atoms with E-state index in [1.807, 2.05) is 19.1 Å². The third kappa shape index (κ3) is 4.88. The minimum absolute atomic E-state index is 1.13. The fourth-order valence-electron chi connectivity index (χ4n) is 0.338. The molecule has 0 aromatic rings. The lowest BCUT2D eigenvalue weighted by atomic mass is 10.3. The van der Waals surface area contributed by atoms with Crippen molar-refractivity contribution in [3.8, 4) is 0 Å². The molecule has 0 heterocycles. The van der Waals surface area contributed by atoms with Crippen LogP contribution in [0.2, 0.25) is 0 Å². The molecule has 0 aliphatic heterocycles. The summed E-state index contributed by atoms with van der Waals surface area (Å²) in [7, 11) is 1.62. The average Bonchev–Trinajstić information content (AvgIpc) is 1.89. The maximum absolute atomic E-state index is 4.68. The topological polar surface area (TPSA) is 9.23 Å². The van der Waals surface area contributed by atoms with Gasteiger partial charge < -0.3 is 4.74 Å². The van der Waals surface area contributed by atoms with E-state index in [1.54, 1.807) is 19.4 Å². The molecule has 1 nitrogen and oxygen atoms in total. The highest BCUT2D eigenvalue weighted by molar-refractivity contribution is 5.18. The van der Waals surface area contributed by atoms with E-state index in [9.17, 15) is 0 Å². The summed E-state index contributed by atoms with van der Waals surface area (Å²) in [6, 6.07) is 0. The molecule has 0 atom stereocenters. The zero-order chi connectivity index (χ0) is 7.11. The van der Waals surface area contributed by atoms with E-state index in [4.69, 9.17) is 0 Å². The second kappa shape index (κ2) is 5.16. The lowest BCUT2D eigenvalue weighted by molar-refractivity contribution is 0.338. The summed E-state index contributed by atoms with van der Waals surface area (Å²) in [5.41, 5.74) is 1.13. The normalized spacial score (nSPS) is 12.0. The molecule has 50 valence electrons. The van der Waals surface area contributed by atoms with Crippen molar-refractivity contribution in [1.82, 2.24) is 0 Å². The van der Waals surface area contributed by atoms with Gasteiger partial charge in [0, 0.05) is 0 Å². The zero-order valence-electron chi connectivity index (χ0n) is 5.92. The monoisotopic (exact) mass is 124 g/mol. The van der Waals surface area contributed by atoms with Crippen LogP contribution in [0, 0.1) is 0 Å². The number of allylic oxidation sites excluding steroid dienone is 4. The molecular formula is C8H12O. The molecule has 0 aromatic heterocycles. The molecule has 0 amide bonds. The Bertz CT molecular complexity index is 132. The van der Waals surface area contributed by atoms with Crippen molar-refractivity contribution in [2.75, 3.05) is 7.11 Å². The first kappa shape index (κ1) is 8.02. The van der Waals surface area contributed by atoms with Gasteiger partial charge in [-0.15, -0.1) is 0 Å². The van der Waals surface area contributed by atoms with Gasteiger partial charge in [0.05, 0.1) is 13.4 Å². The second-order valence-electron chi connectivity index (χ2n) is 1.68. The van der Waals surface area contributed by atoms with Crippen LogP contribution in [0.25, 0.3) is 0 Å². The molecule has 0 aromatic carbocycles. The van der Waals surface area contributed by atoms with Gasteiger partial charge in [-0.05, 0) is 13.0 Å². The van der Waals surface area contributed by atoms with Crippen LogP contribution in [0.1, 0.15) is 6.92 Å². The second-order valence-corrected chi connectivity index (χ2v) is 1.68. The molecule has 0 spiro atoms. The van der Waals surface area contributed by atoms with Crippen molar-refractivity contribution in [3.63, 3.8) is 0 Å². The molecule has 0 fully saturated rings. The van der Waals surface area contributed by atoms with Crippen molar-refractivity contribution >= 4 is 0 Å². The van der Waals surface area contributed by atoms with Gasteiger partial charge in [-0.1, -0.05) is 24.3 Å². The van der Waals surface area contributed by atoms with Crippen molar-refractivity contribution in [2.24, 2.45) is 0 Å². The van der Waals surface area contributed by atoms with Crippen molar-refractivity contribution in [3.05, 3.63) is 36.6 Å². The van der Waals surface area contributed by atoms with Crippen molar-refractivity contribution in [1.29, 1.82) is 0 Å². The number of hydrogen-bond donors (Lipinski definition) is 0. The Hall–Kier alpha value is -0.980. The quantitative estimate of drug-likeness (QED) is 0.414. The molecule has 0 saturated heterocycles. The summed E-state index contributed by atoms with van der Waals surface area (Å²) in [5.74, 6) is 0. The van der Waals surface area contributed by atoms with Crippen LogP contribution in [0.5, 0.6) is 0 Å². The highest BCUT2D eigenvalue weighted by Gasteiger charge is 1.71. The fourth-order valence-corrected chi connectivity index (χ4v) is 0.338. The van der Waals surface area contributed by atoms with Gasteiger partial charge in [0.25, 0.3) is 0 Å². The van der Waals surface area contributed by atoms with Crippen LogP contribution in [-0.2, 0) is 4.74 Å². The van der Waals surface area contributed by atoms with Crippen molar-refractivity contribution in [2.45, 2.75) is 6.92 Å². The minimum Gasteiger partial charge on any atom is -0.504 e. The standard InChI is InChI=1S/C8H12O/c1-4-8(2)6-5-7-9-3/h4-7H,1H2,2-3H3/b7-5+,8-6-. The molecule has 0 radical (unpaired) electrons. The van der Waals surface area contributed by atoms with E-state index in [1.165, 1.54) is 0 Å². The number of hydrogen-bond acceptors (Lipinski definition) is 1. The molecular weight excluding hydrogens is 112 g/mol. The smallest absolute Gasteiger partial charge is 0.0824 e. The van der Waals surface area contributed by atoms with Gasteiger partial charge >= 0.3 is 0 Å². The largest absolute Gasteiger partial charge is 0.504 e. The molecule has 1 heteroatoms. The van der Waals surface area contributed by atoms with Gasteiger partial charge in [-0.25, -0.2) is 0 Å². The van der Waals surface area contributed by atoms with E-state index in [2.05, 4.69) is 11.3 Å². The number of methoxy groups -OCH3 is 1. The highest BCUT2D eigenvalue weighted by atomic mass is 16.5. The fraction of sp³-hybridized carbons (Fsp3) is 0.250. The summed E-state index contributed by atoms with van der Waals surface area (Å²) in [5, 5.41) is 0. The predicted molar refractivity (Wildman–Crippen MR) is 40.1 cm³/mol. The summed E-state index contributed by atoms with van der Waals surface area (Å²) >= 11 is 0. The molecule has 0 N–H and O–H groups in total. The first-order valence-electron chi connectivity index (χ1n) is 2.80. The van der Waals surface area contributed by atoms with E-state index in [-0.39, 0.29) is 0 Å². The Morgan fingerprint density at radius 1 is 1.56 bits per heavy atom. The van der Waals surface area contributed by atoms with Crippen LogP contribution in [0.15, 0.2) is 36.6 Å². The Kier molecular flexibility index (Phi) is 4.60. The Morgan fingerprint density at radius 2 is 2.22 bits per heavy atom. The number of rotatable bonds is 3. The van der Waals surface area contributed by atoms with E-state index >= 15 is 0 Å². The first-order chi connectivity index (χ1) is 4.31. The van der Waals surface area contributed by atoms with Gasteiger partial charge in [0.2, 0.25) is 0 Å². The summed E-state index contributed by atoms with van der Waals surface area (Å²) < 4.78 is 4.68. The van der Waals surface area contributed by atoms with E-state index in [0.717, 1.165) is 5.57 Å². The Morgan fingerprint density at radius 3 is 2.67 bits per heavy atom. The van der Waals surface area contributed by atoms with Gasteiger partial charge in [-0.3, -0.25) is 0 Å². The van der Waals surface area contributed by atoms with Crippen LogP contribution >= 0.6 is 0 Å². The third-order valence-electron chi connectivity index (χ3n) is 0.896. The average molecular weight is 124 g/mol. The van der Waals surface area contributed by atoms with Crippen LogP contribution in [0.3, 0.4) is 0 Å². The molecule has 0 saturated carbocycles. The van der Waals surface area contributed by atoms with Gasteiger partial charge in [0.15, 0.2) is 0 Å². The summed E-state index contributed by atoms with van der Waals surface area (Å²) in [6.07, 6.45) is 7.17. The van der Waals surface area contributed by atoms with E-state index in [0.29, 0.717) is 0 Å². The molecule has 0 aliphatic rings. The minimum atomic E-state index is 1.13. The maximum Gasteiger partial charge on any atom is 0.0824 e. The Balaban J connectivity index is 3.68. The maximum atomic E-state index is 4.68. The molecule has 0 rings (SSSR count). The highest BCUT2D eigenvalue weighted by Crippen LogP contribution is 1.91. The Labute approximate surface area is 56.3 Å². The van der Waals surface area contributed by atoms with Crippen molar-refractivity contribution < 1.29 is 4.74 Å². The van der Waals surface area contributed by atoms with Crippen LogP contribution in [0.4, 0.5) is 0 Å².